The minimum atomic E-state index is 0.433. The zero-order valence-corrected chi connectivity index (χ0v) is 12.0. The molecule has 3 rings (SSSR count). The van der Waals surface area contributed by atoms with Crippen LogP contribution in [-0.4, -0.2) is 35.9 Å². The van der Waals surface area contributed by atoms with Gasteiger partial charge in [0.2, 0.25) is 0 Å². The number of hydrogen-bond acceptors (Lipinski definition) is 5. The Morgan fingerprint density at radius 1 is 1.30 bits per heavy atom. The summed E-state index contributed by atoms with van der Waals surface area (Å²) in [5, 5.41) is 12.1. The van der Waals surface area contributed by atoms with Gasteiger partial charge in [-0.25, -0.2) is 0 Å². The third-order valence-corrected chi connectivity index (χ3v) is 3.37. The Morgan fingerprint density at radius 3 is 2.90 bits per heavy atom. The maximum atomic E-state index is 6.10. The van der Waals surface area contributed by atoms with Crippen LogP contribution in [0, 0.1) is 13.8 Å². The summed E-state index contributed by atoms with van der Waals surface area (Å²) in [4.78, 5) is 8.21. The van der Waals surface area contributed by atoms with Gasteiger partial charge in [-0.1, -0.05) is 11.6 Å². The van der Waals surface area contributed by atoms with Gasteiger partial charge in [0.1, 0.15) is 17.3 Å². The van der Waals surface area contributed by atoms with Crippen molar-refractivity contribution in [3.05, 3.63) is 35.0 Å². The van der Waals surface area contributed by atoms with Crippen LogP contribution in [0.1, 0.15) is 11.1 Å². The average molecular weight is 292 g/mol. The molecule has 104 valence electrons. The molecule has 0 atom stereocenters. The molecule has 0 bridgehead atoms. The lowest BCUT2D eigenvalue weighted by Gasteiger charge is -2.11. The maximum Gasteiger partial charge on any atom is 0.255 e. The second-order valence-electron chi connectivity index (χ2n) is 4.56. The van der Waals surface area contributed by atoms with E-state index < -0.39 is 0 Å². The van der Waals surface area contributed by atoms with Crippen LogP contribution in [0.5, 0.6) is 0 Å². The lowest BCUT2D eigenvalue weighted by Crippen LogP contribution is -2.15. The second kappa shape index (κ2) is 5.09. The summed E-state index contributed by atoms with van der Waals surface area (Å²) < 4.78 is 3.54. The standard InChI is InChI=1S/C12H14ClN7/c1-8-5-16-19(6-8)4-3-14-11-9(2)10(13)18-12-15-7-17-20(11)12/h5-7,14H,3-4H2,1-2H3. The Morgan fingerprint density at radius 2 is 2.15 bits per heavy atom. The Bertz CT molecular complexity index is 745. The fourth-order valence-corrected chi connectivity index (χ4v) is 2.15. The summed E-state index contributed by atoms with van der Waals surface area (Å²) >= 11 is 6.10. The first-order chi connectivity index (χ1) is 9.65. The number of aromatic nitrogens is 6. The van der Waals surface area contributed by atoms with Gasteiger partial charge in [-0.05, 0) is 19.4 Å². The van der Waals surface area contributed by atoms with Crippen molar-refractivity contribution in [3.8, 4) is 0 Å². The molecule has 0 aliphatic rings. The molecule has 3 heterocycles. The van der Waals surface area contributed by atoms with Crippen LogP contribution in [0.25, 0.3) is 5.78 Å². The normalized spacial score (nSPS) is 11.2. The molecule has 3 aromatic rings. The van der Waals surface area contributed by atoms with Crippen LogP contribution in [0.15, 0.2) is 18.7 Å². The van der Waals surface area contributed by atoms with E-state index in [9.17, 15) is 0 Å². The van der Waals surface area contributed by atoms with Crippen LogP contribution >= 0.6 is 11.6 Å². The van der Waals surface area contributed by atoms with Gasteiger partial charge in [-0.2, -0.15) is 24.7 Å². The van der Waals surface area contributed by atoms with Crippen LogP contribution < -0.4 is 5.32 Å². The van der Waals surface area contributed by atoms with Gasteiger partial charge in [0.15, 0.2) is 0 Å². The van der Waals surface area contributed by atoms with Gasteiger partial charge in [0.05, 0.1) is 12.7 Å². The third-order valence-electron chi connectivity index (χ3n) is 3.00. The number of fused-ring (bicyclic) bond motifs is 1. The second-order valence-corrected chi connectivity index (χ2v) is 4.91. The van der Waals surface area contributed by atoms with Gasteiger partial charge in [-0.15, -0.1) is 0 Å². The lowest BCUT2D eigenvalue weighted by molar-refractivity contribution is 0.635. The van der Waals surface area contributed by atoms with Crippen molar-refractivity contribution in [1.82, 2.24) is 29.4 Å². The van der Waals surface area contributed by atoms with Crippen molar-refractivity contribution < 1.29 is 0 Å². The van der Waals surface area contributed by atoms with E-state index in [4.69, 9.17) is 11.6 Å². The molecule has 0 radical (unpaired) electrons. The highest BCUT2D eigenvalue weighted by Crippen LogP contribution is 2.21. The first-order valence-corrected chi connectivity index (χ1v) is 6.61. The Balaban J connectivity index is 1.80. The quantitative estimate of drug-likeness (QED) is 0.741. The molecule has 0 saturated heterocycles. The summed E-state index contributed by atoms with van der Waals surface area (Å²) in [5.74, 6) is 1.29. The van der Waals surface area contributed by atoms with Crippen molar-refractivity contribution in [3.63, 3.8) is 0 Å². The lowest BCUT2D eigenvalue weighted by atomic mass is 10.3. The summed E-state index contributed by atoms with van der Waals surface area (Å²) in [7, 11) is 0. The van der Waals surface area contributed by atoms with Gasteiger partial charge in [0, 0.05) is 18.3 Å². The molecule has 0 aromatic carbocycles. The largest absolute Gasteiger partial charge is 0.368 e. The summed E-state index contributed by atoms with van der Waals surface area (Å²) in [5.41, 5.74) is 1.99. The first kappa shape index (κ1) is 12.9. The van der Waals surface area contributed by atoms with E-state index in [0.29, 0.717) is 17.5 Å². The molecule has 3 aromatic heterocycles. The monoisotopic (exact) mass is 291 g/mol. The highest BCUT2D eigenvalue weighted by Gasteiger charge is 2.11. The molecule has 0 saturated carbocycles. The fourth-order valence-electron chi connectivity index (χ4n) is 1.98. The van der Waals surface area contributed by atoms with Crippen molar-refractivity contribution >= 4 is 23.2 Å². The molecule has 7 nitrogen and oxygen atoms in total. The number of halogens is 1. The van der Waals surface area contributed by atoms with E-state index in [2.05, 4.69) is 25.5 Å². The first-order valence-electron chi connectivity index (χ1n) is 6.24. The van der Waals surface area contributed by atoms with Crippen molar-refractivity contribution in [2.45, 2.75) is 20.4 Å². The Kier molecular flexibility index (Phi) is 3.27. The predicted octanol–water partition coefficient (Wildman–Crippen LogP) is 1.70. The number of nitrogens with one attached hydrogen (secondary N) is 1. The van der Waals surface area contributed by atoms with Crippen LogP contribution in [-0.2, 0) is 6.54 Å². The van der Waals surface area contributed by atoms with Crippen LogP contribution in [0.2, 0.25) is 5.15 Å². The summed E-state index contributed by atoms with van der Waals surface area (Å²) in [6.45, 7) is 5.38. The summed E-state index contributed by atoms with van der Waals surface area (Å²) in [6, 6.07) is 0. The molecule has 0 aliphatic carbocycles. The number of aryl methyl sites for hydroxylation is 1. The topological polar surface area (TPSA) is 72.9 Å². The van der Waals surface area contributed by atoms with E-state index in [0.717, 1.165) is 23.5 Å². The van der Waals surface area contributed by atoms with Crippen molar-refractivity contribution in [1.29, 1.82) is 0 Å². The van der Waals surface area contributed by atoms with Crippen LogP contribution in [0.4, 0.5) is 5.82 Å². The van der Waals surface area contributed by atoms with Crippen molar-refractivity contribution in [2.24, 2.45) is 0 Å². The van der Waals surface area contributed by atoms with E-state index in [1.807, 2.05) is 30.9 Å². The predicted molar refractivity (Wildman–Crippen MR) is 76.0 cm³/mol. The van der Waals surface area contributed by atoms with Crippen molar-refractivity contribution in [2.75, 3.05) is 11.9 Å². The van der Waals surface area contributed by atoms with Gasteiger partial charge in [0.25, 0.3) is 5.78 Å². The van der Waals surface area contributed by atoms with E-state index in [1.165, 1.54) is 6.33 Å². The highest BCUT2D eigenvalue weighted by atomic mass is 35.5. The van der Waals surface area contributed by atoms with Crippen LogP contribution in [0.3, 0.4) is 0 Å². The minimum absolute atomic E-state index is 0.433. The zero-order valence-electron chi connectivity index (χ0n) is 11.2. The van der Waals surface area contributed by atoms with Gasteiger partial charge < -0.3 is 5.32 Å². The third kappa shape index (κ3) is 2.32. The fraction of sp³-hybridized carbons (Fsp3) is 0.333. The Labute approximate surface area is 120 Å². The molecule has 0 amide bonds. The molecule has 8 heteroatoms. The van der Waals surface area contributed by atoms with E-state index >= 15 is 0 Å². The molecule has 0 unspecified atom stereocenters. The zero-order chi connectivity index (χ0) is 14.1. The number of anilines is 1. The number of nitrogens with zero attached hydrogens (tertiary/aromatic N) is 6. The molecule has 0 fully saturated rings. The molecule has 20 heavy (non-hydrogen) atoms. The minimum Gasteiger partial charge on any atom is -0.368 e. The molecular formula is C12H14ClN7. The highest BCUT2D eigenvalue weighted by molar-refractivity contribution is 6.30. The maximum absolute atomic E-state index is 6.10. The van der Waals surface area contributed by atoms with E-state index in [1.54, 1.807) is 4.52 Å². The number of rotatable bonds is 4. The molecule has 1 N–H and O–H groups in total. The molecular weight excluding hydrogens is 278 g/mol. The van der Waals surface area contributed by atoms with Gasteiger partial charge >= 0.3 is 0 Å². The molecule has 0 spiro atoms. The van der Waals surface area contributed by atoms with Gasteiger partial charge in [-0.3, -0.25) is 4.68 Å². The SMILES string of the molecule is Cc1cnn(CCNc2c(C)c(Cl)nc3ncnn23)c1. The summed E-state index contributed by atoms with van der Waals surface area (Å²) in [6.07, 6.45) is 5.30. The van der Waals surface area contributed by atoms with E-state index in [-0.39, 0.29) is 0 Å². The Hall–Kier alpha value is -2.15. The average Bonchev–Trinajstić information content (AvgIpc) is 3.03. The number of hydrogen-bond donors (Lipinski definition) is 1. The molecule has 0 aliphatic heterocycles. The smallest absolute Gasteiger partial charge is 0.255 e.